The van der Waals surface area contributed by atoms with Crippen LogP contribution in [0.2, 0.25) is 0 Å². The second-order valence-electron chi connectivity index (χ2n) is 2.63. The zero-order chi connectivity index (χ0) is 9.84. The Morgan fingerprint density at radius 3 is 2.77 bits per heavy atom. The van der Waals surface area contributed by atoms with Gasteiger partial charge in [0, 0.05) is 12.0 Å². The Kier molecular flexibility index (Phi) is 3.33. The molecule has 0 aliphatic heterocycles. The van der Waals surface area contributed by atoms with Gasteiger partial charge in [0.25, 0.3) is 0 Å². The van der Waals surface area contributed by atoms with E-state index in [2.05, 4.69) is 12.6 Å². The lowest BCUT2D eigenvalue weighted by Crippen LogP contribution is -1.98. The summed E-state index contributed by atoms with van der Waals surface area (Å²) in [5.41, 5.74) is 1.05. The molecule has 1 aromatic rings. The largest absolute Gasteiger partial charge is 0.478 e. The normalized spacial score (nSPS) is 10.0. The fourth-order valence-corrected chi connectivity index (χ4v) is 1.35. The summed E-state index contributed by atoms with van der Waals surface area (Å²) in [4.78, 5) is 11.3. The van der Waals surface area contributed by atoms with E-state index in [1.165, 1.54) is 6.07 Å². The number of hydrogen-bond donors (Lipinski definition) is 2. The topological polar surface area (TPSA) is 46.5 Å². The van der Waals surface area contributed by atoms with Crippen molar-refractivity contribution in [2.45, 2.75) is 11.5 Å². The highest BCUT2D eigenvalue weighted by Gasteiger charge is 2.04. The van der Waals surface area contributed by atoms with Crippen molar-refractivity contribution in [3.63, 3.8) is 0 Å². The minimum Gasteiger partial charge on any atom is -0.478 e. The molecule has 0 amide bonds. The van der Waals surface area contributed by atoms with Crippen LogP contribution in [-0.4, -0.2) is 18.2 Å². The lowest BCUT2D eigenvalue weighted by atomic mass is 10.1. The monoisotopic (exact) mass is 198 g/mol. The first-order valence-electron chi connectivity index (χ1n) is 3.68. The molecule has 0 aliphatic rings. The molecule has 0 saturated heterocycles. The number of aromatic carboxylic acids is 1. The lowest BCUT2D eigenvalue weighted by Gasteiger charge is -2.02. The number of thiol groups is 1. The first kappa shape index (κ1) is 10.1. The summed E-state index contributed by atoms with van der Waals surface area (Å²) in [6, 6.07) is 4.86. The molecular formula is C9H10O3S. The van der Waals surface area contributed by atoms with Gasteiger partial charge >= 0.3 is 5.97 Å². The molecule has 1 rings (SSSR count). The van der Waals surface area contributed by atoms with Gasteiger partial charge in [-0.2, -0.15) is 0 Å². The summed E-state index contributed by atoms with van der Waals surface area (Å²) < 4.78 is 4.89. The Hall–Kier alpha value is -1.00. The third kappa shape index (κ3) is 2.75. The molecular weight excluding hydrogens is 188 g/mol. The molecule has 0 atom stereocenters. The predicted octanol–water partition coefficient (Wildman–Crippen LogP) is 1.82. The standard InChI is InChI=1S/C9H10O3S/c1-12-5-6-2-7(9(10)11)4-8(13)3-6/h2-4,13H,5H2,1H3,(H,10,11). The van der Waals surface area contributed by atoms with Crippen molar-refractivity contribution >= 4 is 18.6 Å². The third-order valence-electron chi connectivity index (χ3n) is 1.54. The molecule has 0 fully saturated rings. The second-order valence-corrected chi connectivity index (χ2v) is 3.14. The molecule has 0 unspecified atom stereocenters. The van der Waals surface area contributed by atoms with Crippen LogP contribution in [0.15, 0.2) is 23.1 Å². The van der Waals surface area contributed by atoms with E-state index < -0.39 is 5.97 Å². The van der Waals surface area contributed by atoms with Crippen LogP contribution in [0.3, 0.4) is 0 Å². The average molecular weight is 198 g/mol. The molecule has 1 N–H and O–H groups in total. The fraction of sp³-hybridized carbons (Fsp3) is 0.222. The Balaban J connectivity index is 3.03. The SMILES string of the molecule is COCc1cc(S)cc(C(=O)O)c1. The number of ether oxygens (including phenoxy) is 1. The van der Waals surface area contributed by atoms with E-state index in [1.807, 2.05) is 0 Å². The molecule has 0 aliphatic carbocycles. The van der Waals surface area contributed by atoms with Gasteiger partial charge in [-0.25, -0.2) is 4.79 Å². The van der Waals surface area contributed by atoms with Crippen LogP contribution in [0.25, 0.3) is 0 Å². The molecule has 1 aromatic carbocycles. The van der Waals surface area contributed by atoms with Gasteiger partial charge < -0.3 is 9.84 Å². The maximum atomic E-state index is 10.6. The van der Waals surface area contributed by atoms with Crippen molar-refractivity contribution in [2.75, 3.05) is 7.11 Å². The molecule has 3 nitrogen and oxygen atoms in total. The van der Waals surface area contributed by atoms with Gasteiger partial charge in [0.1, 0.15) is 0 Å². The van der Waals surface area contributed by atoms with Gasteiger partial charge in [0.2, 0.25) is 0 Å². The van der Waals surface area contributed by atoms with Crippen molar-refractivity contribution in [3.8, 4) is 0 Å². The van der Waals surface area contributed by atoms with E-state index in [0.717, 1.165) is 5.56 Å². The minimum atomic E-state index is -0.951. The molecule has 0 bridgehead atoms. The summed E-state index contributed by atoms with van der Waals surface area (Å²) in [6.45, 7) is 0.397. The molecule has 0 radical (unpaired) electrons. The van der Waals surface area contributed by atoms with E-state index in [9.17, 15) is 4.79 Å². The van der Waals surface area contributed by atoms with Gasteiger partial charge in [0.05, 0.1) is 12.2 Å². The maximum Gasteiger partial charge on any atom is 0.335 e. The Morgan fingerprint density at radius 2 is 2.23 bits per heavy atom. The summed E-state index contributed by atoms with van der Waals surface area (Å²) in [7, 11) is 1.56. The number of methoxy groups -OCH3 is 1. The lowest BCUT2D eigenvalue weighted by molar-refractivity contribution is 0.0696. The molecule has 0 saturated carbocycles. The molecule has 70 valence electrons. The summed E-state index contributed by atoms with van der Waals surface area (Å²) in [5.74, 6) is -0.951. The van der Waals surface area contributed by atoms with E-state index in [-0.39, 0.29) is 5.56 Å². The third-order valence-corrected chi connectivity index (χ3v) is 1.79. The zero-order valence-corrected chi connectivity index (χ0v) is 8.04. The highest BCUT2D eigenvalue weighted by Crippen LogP contribution is 2.14. The molecule has 0 heterocycles. The van der Waals surface area contributed by atoms with Crippen LogP contribution in [-0.2, 0) is 11.3 Å². The van der Waals surface area contributed by atoms with Crippen molar-refractivity contribution in [1.29, 1.82) is 0 Å². The van der Waals surface area contributed by atoms with Gasteiger partial charge in [-0.3, -0.25) is 0 Å². The highest BCUT2D eigenvalue weighted by molar-refractivity contribution is 7.80. The second kappa shape index (κ2) is 4.30. The van der Waals surface area contributed by atoms with Gasteiger partial charge in [0.15, 0.2) is 0 Å². The van der Waals surface area contributed by atoms with Gasteiger partial charge in [-0.05, 0) is 23.8 Å². The first-order chi connectivity index (χ1) is 6.13. The van der Waals surface area contributed by atoms with Crippen LogP contribution in [0.4, 0.5) is 0 Å². The van der Waals surface area contributed by atoms with Crippen LogP contribution in [0.5, 0.6) is 0 Å². The molecule has 0 aromatic heterocycles. The molecule has 13 heavy (non-hydrogen) atoms. The van der Waals surface area contributed by atoms with Crippen LogP contribution in [0.1, 0.15) is 15.9 Å². The number of rotatable bonds is 3. The van der Waals surface area contributed by atoms with Crippen molar-refractivity contribution < 1.29 is 14.6 Å². The Labute approximate surface area is 81.8 Å². The van der Waals surface area contributed by atoms with Crippen molar-refractivity contribution in [1.82, 2.24) is 0 Å². The van der Waals surface area contributed by atoms with Gasteiger partial charge in [-0.15, -0.1) is 12.6 Å². The summed E-state index contributed by atoms with van der Waals surface area (Å²) >= 11 is 4.09. The Bertz CT molecular complexity index is 323. The number of carboxylic acids is 1. The molecule has 4 heteroatoms. The minimum absolute atomic E-state index is 0.236. The van der Waals surface area contributed by atoms with E-state index in [4.69, 9.17) is 9.84 Å². The van der Waals surface area contributed by atoms with Crippen molar-refractivity contribution in [2.24, 2.45) is 0 Å². The number of hydrogen-bond acceptors (Lipinski definition) is 3. The summed E-state index contributed by atoms with van der Waals surface area (Å²) in [5, 5.41) is 8.73. The fourth-order valence-electron chi connectivity index (χ4n) is 1.05. The van der Waals surface area contributed by atoms with E-state index in [1.54, 1.807) is 19.2 Å². The van der Waals surface area contributed by atoms with Crippen molar-refractivity contribution in [3.05, 3.63) is 29.3 Å². The number of carbonyl (C=O) groups is 1. The maximum absolute atomic E-state index is 10.6. The quantitative estimate of drug-likeness (QED) is 0.728. The smallest absolute Gasteiger partial charge is 0.335 e. The van der Waals surface area contributed by atoms with E-state index in [0.29, 0.717) is 11.5 Å². The predicted molar refractivity (Wildman–Crippen MR) is 51.4 cm³/mol. The average Bonchev–Trinajstić information content (AvgIpc) is 2.03. The van der Waals surface area contributed by atoms with E-state index >= 15 is 0 Å². The molecule has 0 spiro atoms. The number of carboxylic acid groups (broad SMARTS) is 1. The zero-order valence-electron chi connectivity index (χ0n) is 7.15. The first-order valence-corrected chi connectivity index (χ1v) is 4.13. The van der Waals surface area contributed by atoms with Gasteiger partial charge in [-0.1, -0.05) is 0 Å². The Morgan fingerprint density at radius 1 is 1.54 bits per heavy atom. The van der Waals surface area contributed by atoms with Crippen LogP contribution < -0.4 is 0 Å². The summed E-state index contributed by atoms with van der Waals surface area (Å²) in [6.07, 6.45) is 0. The van der Waals surface area contributed by atoms with Crippen LogP contribution >= 0.6 is 12.6 Å². The number of benzene rings is 1. The highest BCUT2D eigenvalue weighted by atomic mass is 32.1. The van der Waals surface area contributed by atoms with Crippen LogP contribution in [0, 0.1) is 0 Å².